The van der Waals surface area contributed by atoms with Crippen molar-refractivity contribution >= 4 is 11.8 Å². The van der Waals surface area contributed by atoms with Crippen LogP contribution in [0.3, 0.4) is 0 Å². The highest BCUT2D eigenvalue weighted by atomic mass is 32.2. The number of aromatic nitrogens is 2. The first-order valence-electron chi connectivity index (χ1n) is 5.80. The minimum absolute atomic E-state index is 0.259. The van der Waals surface area contributed by atoms with Crippen molar-refractivity contribution in [1.82, 2.24) is 9.55 Å². The Kier molecular flexibility index (Phi) is 4.50. The Bertz CT molecular complexity index is 650. The number of azide groups is 1. The van der Waals surface area contributed by atoms with E-state index in [1.807, 2.05) is 0 Å². The molecule has 3 atom stereocenters. The summed E-state index contributed by atoms with van der Waals surface area (Å²) in [6, 6.07) is -0.549. The van der Waals surface area contributed by atoms with E-state index in [1.165, 1.54) is 22.5 Å². The second kappa shape index (κ2) is 6.14. The number of aliphatic hydroxyl groups excluding tert-OH is 1. The summed E-state index contributed by atoms with van der Waals surface area (Å²) in [5.41, 5.74) is 7.41. The van der Waals surface area contributed by atoms with Gasteiger partial charge in [-0.1, -0.05) is 5.11 Å². The highest BCUT2D eigenvalue weighted by Gasteiger charge is 2.35. The molecule has 9 nitrogen and oxygen atoms in total. The maximum Gasteiger partial charge on any atom is 0.330 e. The lowest BCUT2D eigenvalue weighted by Gasteiger charge is -2.15. The molecule has 2 N–H and O–H groups in total. The molecule has 0 radical (unpaired) electrons. The summed E-state index contributed by atoms with van der Waals surface area (Å²) in [5, 5.41) is 12.7. The third kappa shape index (κ3) is 2.73. The van der Waals surface area contributed by atoms with E-state index in [9.17, 15) is 14.7 Å². The van der Waals surface area contributed by atoms with Crippen LogP contribution in [0, 0.1) is 0 Å². The van der Waals surface area contributed by atoms with Crippen molar-refractivity contribution in [2.24, 2.45) is 5.11 Å². The number of hydrogen-bond acceptors (Lipinski definition) is 6. The van der Waals surface area contributed by atoms with Gasteiger partial charge in [-0.05, 0) is 11.8 Å². The van der Waals surface area contributed by atoms with E-state index in [0.29, 0.717) is 4.90 Å². The zero-order valence-electron chi connectivity index (χ0n) is 10.6. The Morgan fingerprint density at radius 2 is 2.45 bits per heavy atom. The van der Waals surface area contributed by atoms with Crippen LogP contribution in [-0.2, 0) is 4.74 Å². The molecular formula is C10H13N5O4S. The molecule has 1 saturated heterocycles. The normalized spacial score (nSPS) is 25.4. The van der Waals surface area contributed by atoms with E-state index in [1.54, 1.807) is 6.26 Å². The fourth-order valence-electron chi connectivity index (χ4n) is 2.06. The number of rotatable bonds is 4. The fourth-order valence-corrected chi connectivity index (χ4v) is 2.52. The van der Waals surface area contributed by atoms with Crippen LogP contribution in [0.1, 0.15) is 12.6 Å². The summed E-state index contributed by atoms with van der Waals surface area (Å²) in [6.07, 6.45) is 2.04. The van der Waals surface area contributed by atoms with Crippen molar-refractivity contribution in [3.8, 4) is 0 Å². The monoisotopic (exact) mass is 299 g/mol. The summed E-state index contributed by atoms with van der Waals surface area (Å²) in [7, 11) is 0. The lowest BCUT2D eigenvalue weighted by Crippen LogP contribution is -2.33. The zero-order chi connectivity index (χ0) is 14.7. The van der Waals surface area contributed by atoms with Gasteiger partial charge in [-0.25, -0.2) is 4.79 Å². The fraction of sp³-hybridized carbons (Fsp3) is 0.600. The molecule has 0 amide bonds. The number of nitrogens with one attached hydrogen (secondary N) is 1. The maximum absolute atomic E-state index is 11.8. The summed E-state index contributed by atoms with van der Waals surface area (Å²) >= 11 is 1.20. The van der Waals surface area contributed by atoms with Crippen LogP contribution in [0.25, 0.3) is 10.4 Å². The third-order valence-corrected chi connectivity index (χ3v) is 3.78. The van der Waals surface area contributed by atoms with Gasteiger partial charge in [0.25, 0.3) is 5.56 Å². The highest BCUT2D eigenvalue weighted by Crippen LogP contribution is 2.30. The molecule has 1 aromatic rings. The van der Waals surface area contributed by atoms with Crippen LogP contribution in [0.5, 0.6) is 0 Å². The highest BCUT2D eigenvalue weighted by molar-refractivity contribution is 7.98. The average Bonchev–Trinajstić information content (AvgIpc) is 2.82. The molecule has 0 aliphatic carbocycles. The van der Waals surface area contributed by atoms with Gasteiger partial charge in [0.2, 0.25) is 0 Å². The predicted octanol–water partition coefficient (Wildman–Crippen LogP) is 0.217. The molecule has 2 rings (SSSR count). The van der Waals surface area contributed by atoms with Crippen LogP contribution >= 0.6 is 11.8 Å². The van der Waals surface area contributed by atoms with Crippen molar-refractivity contribution in [2.75, 3.05) is 12.9 Å². The summed E-state index contributed by atoms with van der Waals surface area (Å²) in [6.45, 7) is -0.312. The SMILES string of the molecule is CSc1cn([C@H]2C[C@H](N=[N+]=[N-])[C@@H](CO)O2)c(=O)[nH]c1=O. The van der Waals surface area contributed by atoms with Gasteiger partial charge in [0, 0.05) is 17.5 Å². The van der Waals surface area contributed by atoms with Crippen LogP contribution in [0.2, 0.25) is 0 Å². The average molecular weight is 299 g/mol. The molecule has 0 unspecified atom stereocenters. The standard InChI is InChI=1S/C10H13N5O4S/c1-20-7-3-15(10(18)12-9(7)17)8-2-5(13-14-11)6(4-16)19-8/h3,5-6,8,16H,2,4H2,1H3,(H,12,17,18)/t5-,6+,8+/m0/s1. The predicted molar refractivity (Wildman–Crippen MR) is 71.7 cm³/mol. The Morgan fingerprint density at radius 3 is 3.05 bits per heavy atom. The third-order valence-electron chi connectivity index (χ3n) is 3.05. The second-order valence-corrected chi connectivity index (χ2v) is 5.03. The molecule has 108 valence electrons. The van der Waals surface area contributed by atoms with Crippen molar-refractivity contribution in [2.45, 2.75) is 29.7 Å². The van der Waals surface area contributed by atoms with Gasteiger partial charge in [0.1, 0.15) is 6.23 Å². The van der Waals surface area contributed by atoms with E-state index in [0.717, 1.165) is 0 Å². The lowest BCUT2D eigenvalue weighted by atomic mass is 10.1. The topological polar surface area (TPSA) is 133 Å². The summed E-state index contributed by atoms with van der Waals surface area (Å²) in [4.78, 5) is 28.6. The molecule has 2 heterocycles. The zero-order valence-corrected chi connectivity index (χ0v) is 11.4. The van der Waals surface area contributed by atoms with Gasteiger partial charge in [0.05, 0.1) is 23.6 Å². The minimum Gasteiger partial charge on any atom is -0.394 e. The lowest BCUT2D eigenvalue weighted by molar-refractivity contribution is -0.0274. The van der Waals surface area contributed by atoms with E-state index in [4.69, 9.17) is 10.3 Å². The molecular weight excluding hydrogens is 286 g/mol. The summed E-state index contributed by atoms with van der Waals surface area (Å²) in [5.74, 6) is 0. The molecule has 1 aliphatic rings. The number of hydrogen-bond donors (Lipinski definition) is 2. The maximum atomic E-state index is 11.8. The van der Waals surface area contributed by atoms with Crippen molar-refractivity contribution in [3.05, 3.63) is 37.5 Å². The van der Waals surface area contributed by atoms with Crippen LogP contribution < -0.4 is 11.2 Å². The second-order valence-electron chi connectivity index (χ2n) is 4.18. The Balaban J connectivity index is 2.36. The molecule has 0 saturated carbocycles. The quantitative estimate of drug-likeness (QED) is 0.355. The molecule has 0 aromatic carbocycles. The Hall–Kier alpha value is -1.74. The van der Waals surface area contributed by atoms with E-state index in [2.05, 4.69) is 15.0 Å². The van der Waals surface area contributed by atoms with Gasteiger partial charge < -0.3 is 9.84 Å². The molecule has 1 aliphatic heterocycles. The first-order valence-corrected chi connectivity index (χ1v) is 7.03. The van der Waals surface area contributed by atoms with Crippen LogP contribution in [0.4, 0.5) is 0 Å². The Labute approximate surface area is 117 Å². The number of thioether (sulfide) groups is 1. The number of aromatic amines is 1. The minimum atomic E-state index is -0.683. The number of ether oxygens (including phenoxy) is 1. The Morgan fingerprint density at radius 1 is 1.70 bits per heavy atom. The van der Waals surface area contributed by atoms with Crippen molar-refractivity contribution in [3.63, 3.8) is 0 Å². The van der Waals surface area contributed by atoms with Crippen molar-refractivity contribution < 1.29 is 9.84 Å². The smallest absolute Gasteiger partial charge is 0.330 e. The van der Waals surface area contributed by atoms with Gasteiger partial charge >= 0.3 is 5.69 Å². The largest absolute Gasteiger partial charge is 0.394 e. The van der Waals surface area contributed by atoms with Crippen molar-refractivity contribution in [1.29, 1.82) is 0 Å². The molecule has 0 spiro atoms. The van der Waals surface area contributed by atoms with E-state index >= 15 is 0 Å². The molecule has 0 bridgehead atoms. The van der Waals surface area contributed by atoms with E-state index in [-0.39, 0.29) is 13.0 Å². The number of aliphatic hydroxyl groups is 1. The summed E-state index contributed by atoms with van der Waals surface area (Å²) < 4.78 is 6.74. The van der Waals surface area contributed by atoms with Crippen LogP contribution in [-0.4, -0.2) is 39.7 Å². The molecule has 1 fully saturated rings. The van der Waals surface area contributed by atoms with Crippen LogP contribution in [0.15, 0.2) is 25.8 Å². The molecule has 1 aromatic heterocycles. The molecule has 20 heavy (non-hydrogen) atoms. The van der Waals surface area contributed by atoms with Gasteiger partial charge in [-0.3, -0.25) is 14.3 Å². The number of nitrogens with zero attached hydrogens (tertiary/aromatic N) is 4. The molecule has 10 heteroatoms. The van der Waals surface area contributed by atoms with Gasteiger partial charge in [-0.2, -0.15) is 0 Å². The van der Waals surface area contributed by atoms with Gasteiger partial charge in [0.15, 0.2) is 0 Å². The first-order chi connectivity index (χ1) is 9.60. The number of H-pyrrole nitrogens is 1. The van der Waals surface area contributed by atoms with E-state index < -0.39 is 29.6 Å². The first kappa shape index (κ1) is 14.7. The van der Waals surface area contributed by atoms with Gasteiger partial charge in [-0.15, -0.1) is 11.8 Å².